The molecule has 2 aromatic rings. The highest BCUT2D eigenvalue weighted by molar-refractivity contribution is 5.88. The molecule has 1 aliphatic carbocycles. The van der Waals surface area contributed by atoms with E-state index in [1.165, 1.54) is 0 Å². The number of anilines is 1. The van der Waals surface area contributed by atoms with Gasteiger partial charge in [0, 0.05) is 18.7 Å². The van der Waals surface area contributed by atoms with Gasteiger partial charge in [0.05, 0.1) is 6.10 Å². The molecule has 3 N–H and O–H groups in total. The Hall–Kier alpha value is -2.47. The Labute approximate surface area is 141 Å². The summed E-state index contributed by atoms with van der Waals surface area (Å²) in [6.45, 7) is 0. The second-order valence-corrected chi connectivity index (χ2v) is 6.12. The molecule has 1 heterocycles. The van der Waals surface area contributed by atoms with E-state index in [-0.39, 0.29) is 18.2 Å². The fraction of sp³-hybridized carbons (Fsp3) is 0.389. The Morgan fingerprint density at radius 2 is 1.88 bits per heavy atom. The zero-order valence-corrected chi connectivity index (χ0v) is 13.5. The van der Waals surface area contributed by atoms with E-state index < -0.39 is 0 Å². The summed E-state index contributed by atoms with van der Waals surface area (Å²) in [5.74, 6) is 1.16. The van der Waals surface area contributed by atoms with E-state index in [9.17, 15) is 9.90 Å². The fourth-order valence-electron chi connectivity index (χ4n) is 2.89. The summed E-state index contributed by atoms with van der Waals surface area (Å²) >= 11 is 0. The molecule has 0 bridgehead atoms. The standard InChI is InChI=1S/C18H22N4O2/c23-15-8-6-14(7-9-15)20-18(24)22-16-10-11-19-17(21-16)12-13-4-2-1-3-5-13/h1-5,10-11,14-15,23H,6-9,12H2,(H2,19,20,21,22,24). The molecule has 0 atom stereocenters. The van der Waals surface area contributed by atoms with E-state index in [2.05, 4.69) is 20.6 Å². The second kappa shape index (κ2) is 7.88. The number of nitrogens with zero attached hydrogens (tertiary/aromatic N) is 2. The highest BCUT2D eigenvalue weighted by Gasteiger charge is 2.20. The smallest absolute Gasteiger partial charge is 0.320 e. The van der Waals surface area contributed by atoms with Gasteiger partial charge in [0.15, 0.2) is 0 Å². The molecule has 24 heavy (non-hydrogen) atoms. The molecular formula is C18H22N4O2. The summed E-state index contributed by atoms with van der Waals surface area (Å²) in [6.07, 6.45) is 5.12. The number of urea groups is 1. The lowest BCUT2D eigenvalue weighted by atomic mass is 9.93. The second-order valence-electron chi connectivity index (χ2n) is 6.12. The summed E-state index contributed by atoms with van der Waals surface area (Å²) in [5, 5.41) is 15.2. The molecule has 0 aliphatic heterocycles. The van der Waals surface area contributed by atoms with E-state index in [0.29, 0.717) is 18.1 Å². The van der Waals surface area contributed by atoms with Gasteiger partial charge < -0.3 is 10.4 Å². The van der Waals surface area contributed by atoms with E-state index in [4.69, 9.17) is 0 Å². The van der Waals surface area contributed by atoms with Crippen molar-refractivity contribution in [3.05, 3.63) is 54.0 Å². The average molecular weight is 326 g/mol. The normalized spacial score (nSPS) is 20.4. The van der Waals surface area contributed by atoms with Crippen LogP contribution in [-0.4, -0.2) is 33.3 Å². The zero-order valence-electron chi connectivity index (χ0n) is 13.5. The summed E-state index contributed by atoms with van der Waals surface area (Å²) in [7, 11) is 0. The van der Waals surface area contributed by atoms with Gasteiger partial charge in [0.2, 0.25) is 0 Å². The number of benzene rings is 1. The van der Waals surface area contributed by atoms with E-state index in [0.717, 1.165) is 31.2 Å². The van der Waals surface area contributed by atoms with Crippen LogP contribution in [0.2, 0.25) is 0 Å². The van der Waals surface area contributed by atoms with Gasteiger partial charge in [-0.2, -0.15) is 0 Å². The van der Waals surface area contributed by atoms with Crippen molar-refractivity contribution in [2.75, 3.05) is 5.32 Å². The third-order valence-corrected chi connectivity index (χ3v) is 4.18. The van der Waals surface area contributed by atoms with Crippen molar-refractivity contribution in [3.8, 4) is 0 Å². The first-order valence-corrected chi connectivity index (χ1v) is 8.30. The third kappa shape index (κ3) is 4.76. The molecule has 0 saturated heterocycles. The number of hydrogen-bond acceptors (Lipinski definition) is 4. The maximum absolute atomic E-state index is 12.1. The van der Waals surface area contributed by atoms with Crippen molar-refractivity contribution in [1.29, 1.82) is 0 Å². The number of carbonyl (C=O) groups excluding carboxylic acids is 1. The van der Waals surface area contributed by atoms with Gasteiger partial charge in [-0.25, -0.2) is 14.8 Å². The van der Waals surface area contributed by atoms with Gasteiger partial charge in [-0.3, -0.25) is 5.32 Å². The number of aliphatic hydroxyl groups is 1. The van der Waals surface area contributed by atoms with E-state index in [1.807, 2.05) is 30.3 Å². The molecule has 126 valence electrons. The molecule has 1 aromatic heterocycles. The minimum atomic E-state index is -0.263. The van der Waals surface area contributed by atoms with Gasteiger partial charge in [0.25, 0.3) is 0 Å². The predicted octanol–water partition coefficient (Wildman–Crippen LogP) is 2.49. The maximum Gasteiger partial charge on any atom is 0.320 e. The van der Waals surface area contributed by atoms with Crippen LogP contribution in [0.4, 0.5) is 10.6 Å². The number of carbonyl (C=O) groups is 1. The number of hydrogen-bond donors (Lipinski definition) is 3. The molecular weight excluding hydrogens is 304 g/mol. The van der Waals surface area contributed by atoms with Gasteiger partial charge >= 0.3 is 6.03 Å². The Morgan fingerprint density at radius 3 is 2.62 bits per heavy atom. The number of aliphatic hydroxyl groups excluding tert-OH is 1. The summed E-state index contributed by atoms with van der Waals surface area (Å²) in [4.78, 5) is 20.7. The number of nitrogens with one attached hydrogen (secondary N) is 2. The van der Waals surface area contributed by atoms with Gasteiger partial charge in [-0.1, -0.05) is 30.3 Å². The van der Waals surface area contributed by atoms with Crippen LogP contribution in [0.25, 0.3) is 0 Å². The molecule has 3 rings (SSSR count). The quantitative estimate of drug-likeness (QED) is 0.805. The van der Waals surface area contributed by atoms with Crippen LogP contribution < -0.4 is 10.6 Å². The topological polar surface area (TPSA) is 87.1 Å². The van der Waals surface area contributed by atoms with Crippen molar-refractivity contribution in [2.45, 2.75) is 44.2 Å². The van der Waals surface area contributed by atoms with Crippen LogP contribution in [0.15, 0.2) is 42.6 Å². The minimum Gasteiger partial charge on any atom is -0.393 e. The molecule has 0 radical (unpaired) electrons. The predicted molar refractivity (Wildman–Crippen MR) is 91.7 cm³/mol. The van der Waals surface area contributed by atoms with Crippen molar-refractivity contribution in [1.82, 2.24) is 15.3 Å². The average Bonchev–Trinajstić information content (AvgIpc) is 2.58. The van der Waals surface area contributed by atoms with Crippen molar-refractivity contribution in [2.24, 2.45) is 0 Å². The Kier molecular flexibility index (Phi) is 5.38. The Morgan fingerprint density at radius 1 is 1.12 bits per heavy atom. The monoisotopic (exact) mass is 326 g/mol. The maximum atomic E-state index is 12.1. The van der Waals surface area contributed by atoms with Crippen LogP contribution in [0.1, 0.15) is 37.1 Å². The summed E-state index contributed by atoms with van der Waals surface area (Å²) in [5.41, 5.74) is 1.12. The summed E-state index contributed by atoms with van der Waals surface area (Å²) in [6, 6.07) is 11.5. The van der Waals surface area contributed by atoms with E-state index in [1.54, 1.807) is 12.3 Å². The van der Waals surface area contributed by atoms with Crippen LogP contribution in [0, 0.1) is 0 Å². The first kappa shape index (κ1) is 16.4. The largest absolute Gasteiger partial charge is 0.393 e. The zero-order chi connectivity index (χ0) is 16.8. The lowest BCUT2D eigenvalue weighted by Crippen LogP contribution is -2.41. The first-order valence-electron chi connectivity index (χ1n) is 8.30. The fourth-order valence-corrected chi connectivity index (χ4v) is 2.89. The first-order chi connectivity index (χ1) is 11.7. The van der Waals surface area contributed by atoms with Crippen molar-refractivity contribution >= 4 is 11.8 Å². The van der Waals surface area contributed by atoms with Crippen molar-refractivity contribution in [3.63, 3.8) is 0 Å². The van der Waals surface area contributed by atoms with Gasteiger partial charge in [-0.15, -0.1) is 0 Å². The molecule has 6 heteroatoms. The molecule has 1 aliphatic rings. The lowest BCUT2D eigenvalue weighted by Gasteiger charge is -2.26. The number of aromatic nitrogens is 2. The molecule has 1 fully saturated rings. The third-order valence-electron chi connectivity index (χ3n) is 4.18. The SMILES string of the molecule is O=C(Nc1ccnc(Cc2ccccc2)n1)NC1CCC(O)CC1. The highest BCUT2D eigenvalue weighted by Crippen LogP contribution is 2.18. The molecule has 0 unspecified atom stereocenters. The summed E-state index contributed by atoms with van der Waals surface area (Å²) < 4.78 is 0. The molecule has 0 spiro atoms. The van der Waals surface area contributed by atoms with Crippen LogP contribution in [0.3, 0.4) is 0 Å². The molecule has 1 saturated carbocycles. The van der Waals surface area contributed by atoms with Crippen LogP contribution in [0.5, 0.6) is 0 Å². The highest BCUT2D eigenvalue weighted by atomic mass is 16.3. The van der Waals surface area contributed by atoms with Gasteiger partial charge in [0.1, 0.15) is 11.6 Å². The molecule has 2 amide bonds. The Bertz CT molecular complexity index is 670. The van der Waals surface area contributed by atoms with Crippen molar-refractivity contribution < 1.29 is 9.90 Å². The van der Waals surface area contributed by atoms with Gasteiger partial charge in [-0.05, 0) is 37.3 Å². The minimum absolute atomic E-state index is 0.110. The van der Waals surface area contributed by atoms with Crippen LogP contribution in [-0.2, 0) is 6.42 Å². The number of amides is 2. The van der Waals surface area contributed by atoms with Crippen LogP contribution >= 0.6 is 0 Å². The Balaban J connectivity index is 1.55. The number of rotatable bonds is 4. The molecule has 1 aromatic carbocycles. The lowest BCUT2D eigenvalue weighted by molar-refractivity contribution is 0.118. The molecule has 6 nitrogen and oxygen atoms in total. The van der Waals surface area contributed by atoms with E-state index >= 15 is 0 Å².